The lowest BCUT2D eigenvalue weighted by Crippen LogP contribution is -2.17. The Hall–Kier alpha value is -2.54. The summed E-state index contributed by atoms with van der Waals surface area (Å²) in [6.45, 7) is 5.77. The molecule has 21 heavy (non-hydrogen) atoms. The van der Waals surface area contributed by atoms with E-state index < -0.39 is 0 Å². The average molecular weight is 302 g/mol. The topological polar surface area (TPSA) is 76.5 Å². The van der Waals surface area contributed by atoms with Crippen LogP contribution < -0.4 is 10.2 Å². The molecule has 2 rings (SSSR count). The normalized spacial score (nSPS) is 10.5. The number of amides is 1. The molecule has 1 heterocycles. The fourth-order valence-corrected chi connectivity index (χ4v) is 2.01. The molecule has 108 valence electrons. The highest BCUT2D eigenvalue weighted by Gasteiger charge is 2.11. The maximum atomic E-state index is 11.8. The summed E-state index contributed by atoms with van der Waals surface area (Å²) in [5.41, 5.74) is 3.88. The Labute approximate surface area is 126 Å². The van der Waals surface area contributed by atoms with Gasteiger partial charge in [0, 0.05) is 0 Å². The van der Waals surface area contributed by atoms with Gasteiger partial charge in [0.05, 0.1) is 11.9 Å². The molecule has 1 aromatic carbocycles. The van der Waals surface area contributed by atoms with Crippen molar-refractivity contribution in [2.45, 2.75) is 6.92 Å². The third kappa shape index (κ3) is 4.22. The first-order valence-electron chi connectivity index (χ1n) is 6.17. The molecule has 1 amide bonds. The summed E-state index contributed by atoms with van der Waals surface area (Å²) in [5.74, 6) is 0.437. The van der Waals surface area contributed by atoms with E-state index in [1.54, 1.807) is 19.2 Å². The van der Waals surface area contributed by atoms with Crippen LogP contribution in [-0.4, -0.2) is 28.3 Å². The van der Waals surface area contributed by atoms with Gasteiger partial charge in [-0.3, -0.25) is 4.79 Å². The van der Waals surface area contributed by atoms with Crippen molar-refractivity contribution in [3.63, 3.8) is 0 Å². The molecule has 0 spiro atoms. The van der Waals surface area contributed by atoms with Gasteiger partial charge in [0.25, 0.3) is 5.91 Å². The predicted octanol–water partition coefficient (Wildman–Crippen LogP) is 2.18. The lowest BCUT2D eigenvalue weighted by Gasteiger charge is -2.02. The van der Waals surface area contributed by atoms with Crippen LogP contribution in [0.15, 0.2) is 42.0 Å². The van der Waals surface area contributed by atoms with Crippen molar-refractivity contribution >= 4 is 23.7 Å². The molecule has 7 heteroatoms. The minimum absolute atomic E-state index is 0.315. The van der Waals surface area contributed by atoms with Gasteiger partial charge >= 0.3 is 0 Å². The number of nitrogens with zero attached hydrogens (tertiary/aromatic N) is 3. The molecule has 1 N–H and O–H groups in total. The first kappa shape index (κ1) is 14.9. The first-order valence-corrected chi connectivity index (χ1v) is 6.94. The highest BCUT2D eigenvalue weighted by atomic mass is 32.1. The second kappa shape index (κ2) is 7.30. The minimum Gasteiger partial charge on any atom is -0.490 e. The predicted molar refractivity (Wildman–Crippen MR) is 81.8 cm³/mol. The molecule has 0 radical (unpaired) electrons. The van der Waals surface area contributed by atoms with Gasteiger partial charge in [0.15, 0.2) is 0 Å². The molecule has 0 saturated heterocycles. The number of hydrogen-bond donors (Lipinski definition) is 1. The Morgan fingerprint density at radius 2 is 2.24 bits per heavy atom. The van der Waals surface area contributed by atoms with E-state index >= 15 is 0 Å². The van der Waals surface area contributed by atoms with E-state index in [0.717, 1.165) is 22.8 Å². The smallest absolute Gasteiger partial charge is 0.285 e. The third-order valence-corrected chi connectivity index (χ3v) is 3.31. The van der Waals surface area contributed by atoms with E-state index in [0.29, 0.717) is 17.2 Å². The molecule has 2 aromatic rings. The molecule has 0 bridgehead atoms. The van der Waals surface area contributed by atoms with E-state index in [2.05, 4.69) is 26.7 Å². The summed E-state index contributed by atoms with van der Waals surface area (Å²) in [6, 6.07) is 7.33. The van der Waals surface area contributed by atoms with E-state index in [1.165, 1.54) is 0 Å². The van der Waals surface area contributed by atoms with Crippen LogP contribution in [0.25, 0.3) is 0 Å². The SMILES string of the molecule is C=CCOc1ccc(/C=N/NC(=O)c2snnc2C)cc1. The molecule has 0 fully saturated rings. The van der Waals surface area contributed by atoms with Crippen molar-refractivity contribution in [1.82, 2.24) is 15.0 Å². The highest BCUT2D eigenvalue weighted by molar-refractivity contribution is 7.07. The Morgan fingerprint density at radius 1 is 1.48 bits per heavy atom. The summed E-state index contributed by atoms with van der Waals surface area (Å²) < 4.78 is 9.07. The van der Waals surface area contributed by atoms with Crippen LogP contribution in [-0.2, 0) is 0 Å². The van der Waals surface area contributed by atoms with Crippen LogP contribution in [0.5, 0.6) is 5.75 Å². The standard InChI is InChI=1S/C14H14N4O2S/c1-3-8-20-12-6-4-11(5-7-12)9-15-17-14(19)13-10(2)16-18-21-13/h3-7,9H,1,8H2,2H3,(H,17,19)/b15-9+. The first-order chi connectivity index (χ1) is 10.2. The minimum atomic E-state index is -0.315. The maximum Gasteiger partial charge on any atom is 0.285 e. The van der Waals surface area contributed by atoms with Crippen molar-refractivity contribution < 1.29 is 9.53 Å². The number of hydrogen-bond acceptors (Lipinski definition) is 6. The van der Waals surface area contributed by atoms with Crippen molar-refractivity contribution in [3.8, 4) is 5.75 Å². The lowest BCUT2D eigenvalue weighted by molar-refractivity contribution is 0.0958. The monoisotopic (exact) mass is 302 g/mol. The third-order valence-electron chi connectivity index (χ3n) is 2.49. The van der Waals surface area contributed by atoms with Crippen LogP contribution in [0.2, 0.25) is 0 Å². The zero-order valence-electron chi connectivity index (χ0n) is 11.4. The second-order valence-corrected chi connectivity index (χ2v) is 4.81. The van der Waals surface area contributed by atoms with Gasteiger partial charge < -0.3 is 4.74 Å². The molecule has 0 saturated carbocycles. The molecule has 0 aliphatic carbocycles. The number of nitrogens with one attached hydrogen (secondary N) is 1. The van der Waals surface area contributed by atoms with Crippen LogP contribution in [0.1, 0.15) is 20.9 Å². The van der Waals surface area contributed by atoms with Gasteiger partial charge in [-0.1, -0.05) is 17.1 Å². The fourth-order valence-electron chi connectivity index (χ4n) is 1.46. The Bertz CT molecular complexity index is 649. The van der Waals surface area contributed by atoms with E-state index in [-0.39, 0.29) is 5.91 Å². The summed E-state index contributed by atoms with van der Waals surface area (Å²) in [7, 11) is 0. The van der Waals surface area contributed by atoms with Crippen LogP contribution in [0.3, 0.4) is 0 Å². The van der Waals surface area contributed by atoms with Crippen molar-refractivity contribution in [2.24, 2.45) is 5.10 Å². The van der Waals surface area contributed by atoms with Crippen LogP contribution in [0, 0.1) is 6.92 Å². The number of carbonyl (C=O) groups is 1. The number of hydrazone groups is 1. The quantitative estimate of drug-likeness (QED) is 0.504. The molecular weight excluding hydrogens is 288 g/mol. The van der Waals surface area contributed by atoms with Crippen molar-refractivity contribution in [3.05, 3.63) is 53.1 Å². The summed E-state index contributed by atoms with van der Waals surface area (Å²) in [5, 5.41) is 7.67. The molecule has 0 aliphatic heterocycles. The lowest BCUT2D eigenvalue weighted by atomic mass is 10.2. The summed E-state index contributed by atoms with van der Waals surface area (Å²) in [6.07, 6.45) is 3.24. The molecule has 0 atom stereocenters. The van der Waals surface area contributed by atoms with Crippen LogP contribution >= 0.6 is 11.5 Å². The number of rotatable bonds is 6. The molecule has 6 nitrogen and oxygen atoms in total. The molecule has 0 unspecified atom stereocenters. The van der Waals surface area contributed by atoms with E-state index in [4.69, 9.17) is 4.74 Å². The van der Waals surface area contributed by atoms with Crippen molar-refractivity contribution in [1.29, 1.82) is 0 Å². The van der Waals surface area contributed by atoms with E-state index in [9.17, 15) is 4.79 Å². The van der Waals surface area contributed by atoms with Gasteiger partial charge in [0.2, 0.25) is 0 Å². The molecule has 1 aromatic heterocycles. The second-order valence-electron chi connectivity index (χ2n) is 4.06. The molecular formula is C14H14N4O2S. The number of carbonyl (C=O) groups excluding carboxylic acids is 1. The molecule has 0 aliphatic rings. The number of ether oxygens (including phenoxy) is 1. The Morgan fingerprint density at radius 3 is 2.86 bits per heavy atom. The summed E-state index contributed by atoms with van der Waals surface area (Å²) in [4.78, 5) is 12.2. The number of benzene rings is 1. The van der Waals surface area contributed by atoms with Gasteiger partial charge in [-0.15, -0.1) is 5.10 Å². The summed E-state index contributed by atoms with van der Waals surface area (Å²) >= 11 is 1.04. The fraction of sp³-hybridized carbons (Fsp3) is 0.143. The van der Waals surface area contributed by atoms with Gasteiger partial charge in [0.1, 0.15) is 17.2 Å². The Balaban J connectivity index is 1.91. The van der Waals surface area contributed by atoms with Gasteiger partial charge in [-0.2, -0.15) is 5.10 Å². The van der Waals surface area contributed by atoms with E-state index in [1.807, 2.05) is 24.3 Å². The Kier molecular flexibility index (Phi) is 5.16. The zero-order valence-corrected chi connectivity index (χ0v) is 12.3. The average Bonchev–Trinajstić information content (AvgIpc) is 2.92. The largest absolute Gasteiger partial charge is 0.490 e. The number of aromatic nitrogens is 2. The van der Waals surface area contributed by atoms with Gasteiger partial charge in [-0.05, 0) is 48.3 Å². The zero-order chi connectivity index (χ0) is 15.1. The maximum absolute atomic E-state index is 11.8. The highest BCUT2D eigenvalue weighted by Crippen LogP contribution is 2.11. The van der Waals surface area contributed by atoms with Gasteiger partial charge in [-0.25, -0.2) is 5.43 Å². The number of aryl methyl sites for hydroxylation is 1. The van der Waals surface area contributed by atoms with Crippen LogP contribution in [0.4, 0.5) is 0 Å². The van der Waals surface area contributed by atoms with Crippen molar-refractivity contribution in [2.75, 3.05) is 6.61 Å².